The molecule has 1 aromatic carbocycles. The van der Waals surface area contributed by atoms with Gasteiger partial charge in [0.15, 0.2) is 5.82 Å². The molecule has 2 aliphatic rings. The van der Waals surface area contributed by atoms with Crippen molar-refractivity contribution in [3.8, 4) is 11.4 Å². The van der Waals surface area contributed by atoms with Gasteiger partial charge in [-0.2, -0.15) is 0 Å². The molecule has 2 aliphatic heterocycles. The molecular formula is C23H28N8O. The van der Waals surface area contributed by atoms with Gasteiger partial charge in [0.2, 0.25) is 0 Å². The van der Waals surface area contributed by atoms with E-state index in [-0.39, 0.29) is 0 Å². The van der Waals surface area contributed by atoms with Crippen LogP contribution in [0.15, 0.2) is 36.7 Å². The fraction of sp³-hybridized carbons (Fsp3) is 0.391. The summed E-state index contributed by atoms with van der Waals surface area (Å²) in [6, 6.07) is 10.2. The first-order valence-electron chi connectivity index (χ1n) is 11.1. The van der Waals surface area contributed by atoms with Crippen LogP contribution in [0.1, 0.15) is 23.9 Å². The summed E-state index contributed by atoms with van der Waals surface area (Å²) in [5, 5.41) is 0. The lowest BCUT2D eigenvalue weighted by Crippen LogP contribution is -2.37. The number of hydrogen-bond acceptors (Lipinski definition) is 9. The fourth-order valence-electron chi connectivity index (χ4n) is 4.07. The van der Waals surface area contributed by atoms with Crippen LogP contribution in [-0.2, 0) is 17.8 Å². The number of nitrogens with zero attached hydrogens (tertiary/aromatic N) is 6. The number of nitrogens with one attached hydrogen (secondary N) is 2. The van der Waals surface area contributed by atoms with E-state index in [4.69, 9.17) is 14.7 Å². The first kappa shape index (κ1) is 20.6. The van der Waals surface area contributed by atoms with E-state index in [0.29, 0.717) is 19.8 Å². The fourth-order valence-corrected chi connectivity index (χ4v) is 4.07. The lowest BCUT2D eigenvalue weighted by atomic mass is 10.1. The van der Waals surface area contributed by atoms with Gasteiger partial charge in [-0.3, -0.25) is 0 Å². The van der Waals surface area contributed by atoms with E-state index in [1.807, 2.05) is 25.1 Å². The highest BCUT2D eigenvalue weighted by Crippen LogP contribution is 2.34. The average Bonchev–Trinajstić information content (AvgIpc) is 3.27. The maximum atomic E-state index is 5.58. The molecule has 0 aliphatic carbocycles. The molecule has 0 amide bonds. The van der Waals surface area contributed by atoms with Crippen LogP contribution in [0.25, 0.3) is 11.4 Å². The van der Waals surface area contributed by atoms with Gasteiger partial charge < -0.3 is 20.0 Å². The quantitative estimate of drug-likeness (QED) is 0.570. The van der Waals surface area contributed by atoms with Crippen LogP contribution in [0.4, 0.5) is 17.3 Å². The van der Waals surface area contributed by atoms with Crippen LogP contribution in [-0.4, -0.2) is 52.8 Å². The number of morpholine rings is 1. The molecule has 2 aromatic heterocycles. The Morgan fingerprint density at radius 2 is 1.81 bits per heavy atom. The zero-order valence-corrected chi connectivity index (χ0v) is 18.5. The molecule has 2 N–H and O–H groups in total. The molecule has 1 saturated heterocycles. The van der Waals surface area contributed by atoms with Gasteiger partial charge in [0.1, 0.15) is 18.0 Å². The van der Waals surface area contributed by atoms with Crippen molar-refractivity contribution in [3.05, 3.63) is 53.6 Å². The number of aryl methyl sites for hydroxylation is 1. The van der Waals surface area contributed by atoms with Gasteiger partial charge in [-0.25, -0.2) is 25.4 Å². The Bertz CT molecular complexity index is 1080. The minimum atomic E-state index is 0.707. The van der Waals surface area contributed by atoms with Crippen LogP contribution < -0.4 is 20.7 Å². The Kier molecular flexibility index (Phi) is 5.83. The van der Waals surface area contributed by atoms with E-state index in [9.17, 15) is 0 Å². The van der Waals surface area contributed by atoms with Crippen molar-refractivity contribution >= 4 is 17.3 Å². The van der Waals surface area contributed by atoms with Crippen LogP contribution in [0.5, 0.6) is 0 Å². The first-order valence-corrected chi connectivity index (χ1v) is 11.1. The Morgan fingerprint density at radius 1 is 1.00 bits per heavy atom. The predicted molar refractivity (Wildman–Crippen MR) is 124 cm³/mol. The third-order valence-electron chi connectivity index (χ3n) is 5.74. The summed E-state index contributed by atoms with van der Waals surface area (Å²) in [6.45, 7) is 9.44. The molecule has 0 atom stereocenters. The zero-order chi connectivity index (χ0) is 21.9. The van der Waals surface area contributed by atoms with Crippen molar-refractivity contribution in [2.75, 3.05) is 48.1 Å². The minimum absolute atomic E-state index is 0.707. The van der Waals surface area contributed by atoms with Crippen molar-refractivity contribution in [2.45, 2.75) is 26.9 Å². The molecule has 4 heterocycles. The Hall–Kier alpha value is -3.30. The number of ether oxygens (including phenoxy) is 1. The molecule has 0 unspecified atom stereocenters. The average molecular weight is 433 g/mol. The second-order valence-corrected chi connectivity index (χ2v) is 8.00. The summed E-state index contributed by atoms with van der Waals surface area (Å²) in [4.78, 5) is 23.3. The molecule has 0 radical (unpaired) electrons. The van der Waals surface area contributed by atoms with E-state index in [1.54, 1.807) is 6.33 Å². The second kappa shape index (κ2) is 9.05. The monoisotopic (exact) mass is 432 g/mol. The van der Waals surface area contributed by atoms with E-state index in [2.05, 4.69) is 49.7 Å². The lowest BCUT2D eigenvalue weighted by molar-refractivity contribution is 0.122. The van der Waals surface area contributed by atoms with E-state index >= 15 is 0 Å². The highest BCUT2D eigenvalue weighted by atomic mass is 16.5. The highest BCUT2D eigenvalue weighted by Gasteiger charge is 2.29. The van der Waals surface area contributed by atoms with Crippen LogP contribution in [0.2, 0.25) is 0 Å². The molecule has 1 fully saturated rings. The number of aromatic nitrogens is 4. The number of hydrazine groups is 1. The van der Waals surface area contributed by atoms with Gasteiger partial charge in [0.05, 0.1) is 32.0 Å². The van der Waals surface area contributed by atoms with Gasteiger partial charge >= 0.3 is 0 Å². The van der Waals surface area contributed by atoms with Gasteiger partial charge in [0.25, 0.3) is 0 Å². The summed E-state index contributed by atoms with van der Waals surface area (Å²) >= 11 is 0. The van der Waals surface area contributed by atoms with Gasteiger partial charge in [-0.05, 0) is 31.2 Å². The topological polar surface area (TPSA) is 91.3 Å². The summed E-state index contributed by atoms with van der Waals surface area (Å²) in [5.41, 5.74) is 11.5. The summed E-state index contributed by atoms with van der Waals surface area (Å²) in [6.07, 6.45) is 1.62. The number of anilines is 3. The molecule has 3 aromatic rings. The highest BCUT2D eigenvalue weighted by molar-refractivity contribution is 5.65. The van der Waals surface area contributed by atoms with E-state index in [0.717, 1.165) is 66.3 Å². The van der Waals surface area contributed by atoms with E-state index in [1.165, 1.54) is 5.56 Å². The summed E-state index contributed by atoms with van der Waals surface area (Å²) < 4.78 is 5.58. The van der Waals surface area contributed by atoms with Crippen molar-refractivity contribution in [3.63, 3.8) is 0 Å². The third kappa shape index (κ3) is 4.21. The molecular weight excluding hydrogens is 404 g/mol. The van der Waals surface area contributed by atoms with Crippen molar-refractivity contribution in [2.24, 2.45) is 0 Å². The van der Waals surface area contributed by atoms with Gasteiger partial charge in [-0.1, -0.05) is 6.92 Å². The molecule has 32 heavy (non-hydrogen) atoms. The number of benzene rings is 1. The minimum Gasteiger partial charge on any atom is -0.378 e. The van der Waals surface area contributed by atoms with Crippen LogP contribution in [0.3, 0.4) is 0 Å². The van der Waals surface area contributed by atoms with Crippen LogP contribution >= 0.6 is 0 Å². The number of hydrogen-bond donors (Lipinski definition) is 2. The molecule has 5 rings (SSSR count). The smallest absolute Gasteiger partial charge is 0.161 e. The largest absolute Gasteiger partial charge is 0.378 e. The SMILES string of the molecule is CCNNc1ccc(-c2nc3c(c(N4CCOCC4)n2)CN(c2cc(C)ncn2)C3)cc1. The molecule has 0 spiro atoms. The second-order valence-electron chi connectivity index (χ2n) is 8.00. The Labute approximate surface area is 187 Å². The molecule has 9 heteroatoms. The number of fused-ring (bicyclic) bond motifs is 1. The zero-order valence-electron chi connectivity index (χ0n) is 18.5. The van der Waals surface area contributed by atoms with Gasteiger partial charge in [-0.15, -0.1) is 0 Å². The molecule has 166 valence electrons. The maximum Gasteiger partial charge on any atom is 0.161 e. The number of rotatable bonds is 6. The standard InChI is InChI=1S/C23H28N8O/c1-3-26-29-18-6-4-17(5-7-18)22-27-20-14-31(21-12-16(2)24-15-25-21)13-19(20)23(28-22)30-8-10-32-11-9-30/h4-7,12,15,26,29H,3,8-11,13-14H2,1-2H3. The maximum absolute atomic E-state index is 5.58. The lowest BCUT2D eigenvalue weighted by Gasteiger charge is -2.29. The van der Waals surface area contributed by atoms with Crippen LogP contribution in [0, 0.1) is 6.92 Å². The molecule has 0 bridgehead atoms. The summed E-state index contributed by atoms with van der Waals surface area (Å²) in [5.74, 6) is 2.68. The molecule has 9 nitrogen and oxygen atoms in total. The van der Waals surface area contributed by atoms with Crippen molar-refractivity contribution in [1.82, 2.24) is 25.4 Å². The van der Waals surface area contributed by atoms with Crippen molar-refractivity contribution in [1.29, 1.82) is 0 Å². The van der Waals surface area contributed by atoms with Gasteiger partial charge in [0, 0.05) is 48.2 Å². The normalized spacial score (nSPS) is 15.7. The third-order valence-corrected chi connectivity index (χ3v) is 5.74. The summed E-state index contributed by atoms with van der Waals surface area (Å²) in [7, 11) is 0. The molecule has 0 saturated carbocycles. The Morgan fingerprint density at radius 3 is 2.56 bits per heavy atom. The Balaban J connectivity index is 1.49. The predicted octanol–water partition coefficient (Wildman–Crippen LogP) is 2.54. The first-order chi connectivity index (χ1) is 15.7. The van der Waals surface area contributed by atoms with E-state index < -0.39 is 0 Å². The van der Waals surface area contributed by atoms with Crippen molar-refractivity contribution < 1.29 is 4.74 Å².